The Morgan fingerprint density at radius 2 is 2.12 bits per heavy atom. The van der Waals surface area contributed by atoms with E-state index in [9.17, 15) is 4.79 Å². The minimum Gasteiger partial charge on any atom is -0.290 e. The fraction of sp³-hybridized carbons (Fsp3) is 0.368. The highest BCUT2D eigenvalue weighted by molar-refractivity contribution is 7.98. The van der Waals surface area contributed by atoms with Crippen molar-refractivity contribution in [2.24, 2.45) is 7.05 Å². The summed E-state index contributed by atoms with van der Waals surface area (Å²) < 4.78 is 1.73. The van der Waals surface area contributed by atoms with E-state index in [0.29, 0.717) is 0 Å². The van der Waals surface area contributed by atoms with Crippen molar-refractivity contribution in [2.75, 3.05) is 0 Å². The van der Waals surface area contributed by atoms with E-state index in [2.05, 4.69) is 32.0 Å². The lowest BCUT2D eigenvalue weighted by Crippen LogP contribution is -2.20. The molecule has 0 N–H and O–H groups in total. The van der Waals surface area contributed by atoms with Crippen molar-refractivity contribution in [3.8, 4) is 0 Å². The van der Waals surface area contributed by atoms with Crippen molar-refractivity contribution in [3.63, 3.8) is 0 Å². The van der Waals surface area contributed by atoms with Crippen LogP contribution in [0.25, 0.3) is 10.2 Å². The van der Waals surface area contributed by atoms with Crippen LogP contribution in [0.2, 0.25) is 0 Å². The van der Waals surface area contributed by atoms with Crippen molar-refractivity contribution in [1.82, 2.24) is 9.55 Å². The molecule has 0 spiro atoms. The van der Waals surface area contributed by atoms with Gasteiger partial charge in [0.2, 0.25) is 0 Å². The van der Waals surface area contributed by atoms with Crippen LogP contribution in [0, 0.1) is 13.8 Å². The molecule has 3 nitrogen and oxygen atoms in total. The minimum atomic E-state index is 0.114. The van der Waals surface area contributed by atoms with E-state index in [4.69, 9.17) is 4.98 Å². The van der Waals surface area contributed by atoms with Gasteiger partial charge >= 0.3 is 0 Å². The second-order valence-corrected chi connectivity index (χ2v) is 8.54. The first kappa shape index (κ1) is 15.9. The van der Waals surface area contributed by atoms with Crippen LogP contribution in [0.5, 0.6) is 0 Å². The molecule has 24 heavy (non-hydrogen) atoms. The maximum absolute atomic E-state index is 12.8. The Morgan fingerprint density at radius 3 is 2.96 bits per heavy atom. The second kappa shape index (κ2) is 6.05. The van der Waals surface area contributed by atoms with Gasteiger partial charge in [0.15, 0.2) is 5.16 Å². The molecule has 0 unspecified atom stereocenters. The highest BCUT2D eigenvalue weighted by Gasteiger charge is 2.22. The molecule has 2 heterocycles. The van der Waals surface area contributed by atoms with E-state index >= 15 is 0 Å². The fourth-order valence-corrected chi connectivity index (χ4v) is 5.67. The van der Waals surface area contributed by atoms with Crippen molar-refractivity contribution < 1.29 is 0 Å². The molecule has 2 aromatic heterocycles. The summed E-state index contributed by atoms with van der Waals surface area (Å²) in [5.74, 6) is 0.838. The van der Waals surface area contributed by atoms with Crippen LogP contribution in [-0.4, -0.2) is 9.55 Å². The Hall–Kier alpha value is -1.59. The van der Waals surface area contributed by atoms with Crippen LogP contribution in [0.4, 0.5) is 0 Å². The number of aromatic nitrogens is 2. The number of hydrogen-bond donors (Lipinski definition) is 0. The number of benzene rings is 1. The van der Waals surface area contributed by atoms with E-state index in [1.807, 2.05) is 7.05 Å². The lowest BCUT2D eigenvalue weighted by molar-refractivity contribution is 0.727. The van der Waals surface area contributed by atoms with Crippen LogP contribution in [0.15, 0.2) is 28.2 Å². The molecule has 0 bridgehead atoms. The van der Waals surface area contributed by atoms with Gasteiger partial charge in [-0.25, -0.2) is 4.98 Å². The number of fused-ring (bicyclic) bond motifs is 3. The fourth-order valence-electron chi connectivity index (χ4n) is 3.33. The van der Waals surface area contributed by atoms with Crippen LogP contribution in [-0.2, 0) is 25.6 Å². The molecule has 0 amide bonds. The molecule has 0 fully saturated rings. The molecule has 124 valence electrons. The van der Waals surface area contributed by atoms with Gasteiger partial charge in [-0.3, -0.25) is 9.36 Å². The summed E-state index contributed by atoms with van der Waals surface area (Å²) in [6.45, 7) is 4.25. The van der Waals surface area contributed by atoms with E-state index in [1.54, 1.807) is 27.7 Å². The minimum absolute atomic E-state index is 0.114. The average molecular weight is 357 g/mol. The molecular weight excluding hydrogens is 336 g/mol. The number of thioether (sulfide) groups is 1. The molecule has 0 atom stereocenters. The Kier molecular flexibility index (Phi) is 4.01. The van der Waals surface area contributed by atoms with Crippen molar-refractivity contribution in [3.05, 3.63) is 55.7 Å². The van der Waals surface area contributed by atoms with Gasteiger partial charge in [0.05, 0.1) is 5.39 Å². The maximum atomic E-state index is 12.8. The molecule has 0 saturated carbocycles. The van der Waals surface area contributed by atoms with Crippen molar-refractivity contribution >= 4 is 33.3 Å². The van der Waals surface area contributed by atoms with E-state index in [-0.39, 0.29) is 5.56 Å². The zero-order valence-corrected chi connectivity index (χ0v) is 15.8. The highest BCUT2D eigenvalue weighted by atomic mass is 32.2. The van der Waals surface area contributed by atoms with Crippen molar-refractivity contribution in [1.29, 1.82) is 0 Å². The molecule has 0 saturated heterocycles. The zero-order valence-electron chi connectivity index (χ0n) is 14.2. The van der Waals surface area contributed by atoms with Gasteiger partial charge in [-0.2, -0.15) is 0 Å². The van der Waals surface area contributed by atoms with Crippen LogP contribution < -0.4 is 5.56 Å². The van der Waals surface area contributed by atoms with Crippen LogP contribution in [0.1, 0.15) is 33.6 Å². The third-order valence-electron chi connectivity index (χ3n) is 4.77. The molecule has 0 aliphatic heterocycles. The lowest BCUT2D eigenvalue weighted by Gasteiger charge is -2.10. The molecule has 3 aromatic rings. The smallest absolute Gasteiger partial charge is 0.262 e. The van der Waals surface area contributed by atoms with Gasteiger partial charge in [0.25, 0.3) is 5.56 Å². The van der Waals surface area contributed by atoms with E-state index in [0.717, 1.165) is 34.0 Å². The SMILES string of the molecule is Cc1ccc(C)c(CSc2nc3sc4c(c3c(=O)n2C)CCC4)c1. The summed E-state index contributed by atoms with van der Waals surface area (Å²) in [5.41, 5.74) is 5.23. The van der Waals surface area contributed by atoms with Gasteiger partial charge in [-0.1, -0.05) is 35.5 Å². The third-order valence-corrected chi connectivity index (χ3v) is 7.03. The molecule has 5 heteroatoms. The Bertz CT molecular complexity index is 1000. The van der Waals surface area contributed by atoms with Gasteiger partial charge < -0.3 is 0 Å². The molecule has 0 radical (unpaired) electrons. The summed E-state index contributed by atoms with van der Waals surface area (Å²) in [5, 5.41) is 1.68. The molecule has 1 aliphatic carbocycles. The van der Waals surface area contributed by atoms with Gasteiger partial charge in [0.1, 0.15) is 4.83 Å². The normalized spacial score (nSPS) is 13.6. The second-order valence-electron chi connectivity index (χ2n) is 6.51. The number of aryl methyl sites for hydroxylation is 4. The molecule has 1 aromatic carbocycles. The molecule has 1 aliphatic rings. The quantitative estimate of drug-likeness (QED) is 0.515. The summed E-state index contributed by atoms with van der Waals surface area (Å²) in [6, 6.07) is 6.51. The van der Waals surface area contributed by atoms with Gasteiger partial charge in [-0.05, 0) is 49.8 Å². The third kappa shape index (κ3) is 2.60. The largest absolute Gasteiger partial charge is 0.290 e. The Labute approximate surface area is 149 Å². The average Bonchev–Trinajstić information content (AvgIpc) is 3.13. The van der Waals surface area contributed by atoms with E-state index < -0.39 is 0 Å². The summed E-state index contributed by atoms with van der Waals surface area (Å²) in [4.78, 5) is 19.9. The monoisotopic (exact) mass is 356 g/mol. The first-order valence-electron chi connectivity index (χ1n) is 8.25. The topological polar surface area (TPSA) is 34.9 Å². The van der Waals surface area contributed by atoms with Crippen molar-refractivity contribution in [2.45, 2.75) is 44.0 Å². The summed E-state index contributed by atoms with van der Waals surface area (Å²) in [6.07, 6.45) is 3.30. The first-order chi connectivity index (χ1) is 11.5. The Balaban J connectivity index is 1.71. The number of thiophene rings is 1. The van der Waals surface area contributed by atoms with Crippen LogP contribution >= 0.6 is 23.1 Å². The number of rotatable bonds is 3. The predicted octanol–water partition coefficient (Wildman–Crippen LogP) is 4.39. The molecular formula is C19H20N2OS2. The highest BCUT2D eigenvalue weighted by Crippen LogP contribution is 2.35. The summed E-state index contributed by atoms with van der Waals surface area (Å²) >= 11 is 3.36. The summed E-state index contributed by atoms with van der Waals surface area (Å²) in [7, 11) is 1.85. The lowest BCUT2D eigenvalue weighted by atomic mass is 10.1. The van der Waals surface area contributed by atoms with E-state index in [1.165, 1.54) is 33.6 Å². The Morgan fingerprint density at radius 1 is 1.29 bits per heavy atom. The van der Waals surface area contributed by atoms with Gasteiger partial charge in [0, 0.05) is 17.7 Å². The first-order valence-corrected chi connectivity index (χ1v) is 10.0. The standard InChI is InChI=1S/C19H20N2OS2/c1-11-7-8-12(2)13(9-11)10-23-19-20-17-16(18(22)21(19)3)14-5-4-6-15(14)24-17/h7-9H,4-6,10H2,1-3H3. The van der Waals surface area contributed by atoms with Crippen LogP contribution in [0.3, 0.4) is 0 Å². The molecule has 4 rings (SSSR count). The maximum Gasteiger partial charge on any atom is 0.262 e. The predicted molar refractivity (Wildman–Crippen MR) is 102 cm³/mol. The van der Waals surface area contributed by atoms with Gasteiger partial charge in [-0.15, -0.1) is 11.3 Å². The number of hydrogen-bond acceptors (Lipinski definition) is 4. The zero-order chi connectivity index (χ0) is 16.8. The number of nitrogens with zero attached hydrogens (tertiary/aromatic N) is 2.